The molecular weight excluding hydrogens is 504 g/mol. The fourth-order valence-electron chi connectivity index (χ4n) is 4.26. The lowest BCUT2D eigenvalue weighted by Crippen LogP contribution is -2.50. The molecule has 11 nitrogen and oxygen atoms in total. The summed E-state index contributed by atoms with van der Waals surface area (Å²) < 4.78 is 28.6. The van der Waals surface area contributed by atoms with Crippen molar-refractivity contribution in [1.82, 2.24) is 24.5 Å². The van der Waals surface area contributed by atoms with E-state index in [0.717, 1.165) is 10.1 Å². The Hall–Kier alpha value is -3.68. The number of urea groups is 1. The Morgan fingerprint density at radius 1 is 1.03 bits per heavy atom. The maximum atomic E-state index is 13.6. The number of benzene rings is 2. The van der Waals surface area contributed by atoms with E-state index in [1.54, 1.807) is 17.9 Å². The molecular formula is C23H24N6O5S2. The van der Waals surface area contributed by atoms with E-state index >= 15 is 0 Å². The number of H-pyrrole nitrogens is 2. The number of aromatic amines is 2. The number of piperazine rings is 1. The van der Waals surface area contributed by atoms with Gasteiger partial charge < -0.3 is 20.2 Å². The number of sulfonamides is 1. The molecule has 188 valence electrons. The van der Waals surface area contributed by atoms with Gasteiger partial charge in [-0.3, -0.25) is 10.1 Å². The average Bonchev–Trinajstić information content (AvgIpc) is 3.42. The Morgan fingerprint density at radius 3 is 2.50 bits per heavy atom. The standard InChI is InChI=1S/C23H24N6O5S2/c1-2-24-22(31)27-20-19(15-5-3-4-6-18(15)35-20)21(30)28-9-11-29(12-10-28)36(33,34)14-7-8-16-17(13-14)26-23(32)25-16/h3-8,13H,2,9-12H2,1H3,(H2,24,27,31)(H2,25,26,32). The van der Waals surface area contributed by atoms with Gasteiger partial charge in [-0.2, -0.15) is 4.31 Å². The van der Waals surface area contributed by atoms with Crippen LogP contribution in [-0.2, 0) is 10.0 Å². The van der Waals surface area contributed by atoms with Gasteiger partial charge in [0.25, 0.3) is 5.91 Å². The first-order chi connectivity index (χ1) is 17.3. The zero-order chi connectivity index (χ0) is 25.4. The van der Waals surface area contributed by atoms with Gasteiger partial charge in [-0.05, 0) is 31.2 Å². The van der Waals surface area contributed by atoms with E-state index in [1.807, 2.05) is 24.3 Å². The Kier molecular flexibility index (Phi) is 6.28. The van der Waals surface area contributed by atoms with Crippen molar-refractivity contribution in [2.45, 2.75) is 11.8 Å². The van der Waals surface area contributed by atoms with Crippen LogP contribution in [0.3, 0.4) is 0 Å². The van der Waals surface area contributed by atoms with Gasteiger partial charge in [-0.25, -0.2) is 18.0 Å². The molecule has 0 bridgehead atoms. The predicted molar refractivity (Wildman–Crippen MR) is 138 cm³/mol. The van der Waals surface area contributed by atoms with Gasteiger partial charge in [0.2, 0.25) is 10.0 Å². The third kappa shape index (κ3) is 4.36. The van der Waals surface area contributed by atoms with Crippen LogP contribution in [0.15, 0.2) is 52.2 Å². The SMILES string of the molecule is CCNC(=O)Nc1sc2ccccc2c1C(=O)N1CCN(S(=O)(=O)c2ccc3[nH]c(=O)[nH]c3c2)CC1. The zero-order valence-corrected chi connectivity index (χ0v) is 21.0. The van der Waals surface area contributed by atoms with Gasteiger partial charge in [-0.1, -0.05) is 18.2 Å². The van der Waals surface area contributed by atoms with Crippen molar-refractivity contribution in [3.8, 4) is 0 Å². The third-order valence-electron chi connectivity index (χ3n) is 6.02. The first-order valence-electron chi connectivity index (χ1n) is 11.4. The largest absolute Gasteiger partial charge is 0.338 e. The summed E-state index contributed by atoms with van der Waals surface area (Å²) in [4.78, 5) is 44.1. The van der Waals surface area contributed by atoms with Gasteiger partial charge >= 0.3 is 11.7 Å². The number of imidazole rings is 1. The molecule has 0 saturated carbocycles. The van der Waals surface area contributed by atoms with E-state index in [0.29, 0.717) is 28.1 Å². The summed E-state index contributed by atoms with van der Waals surface area (Å²) in [5.41, 5.74) is 0.925. The predicted octanol–water partition coefficient (Wildman–Crippen LogP) is 2.36. The minimum atomic E-state index is -3.82. The van der Waals surface area contributed by atoms with Gasteiger partial charge in [0.05, 0.1) is 21.5 Å². The number of rotatable bonds is 5. The lowest BCUT2D eigenvalue weighted by molar-refractivity contribution is 0.0701. The van der Waals surface area contributed by atoms with Crippen LogP contribution in [0.25, 0.3) is 21.1 Å². The van der Waals surface area contributed by atoms with Gasteiger partial charge in [0.15, 0.2) is 0 Å². The Labute approximate surface area is 210 Å². The van der Waals surface area contributed by atoms with E-state index in [-0.39, 0.29) is 37.0 Å². The first kappa shape index (κ1) is 24.0. The van der Waals surface area contributed by atoms with Crippen LogP contribution < -0.4 is 16.3 Å². The fraction of sp³-hybridized carbons (Fsp3) is 0.261. The van der Waals surface area contributed by atoms with Crippen LogP contribution >= 0.6 is 11.3 Å². The number of nitrogens with zero attached hydrogens (tertiary/aromatic N) is 2. The van der Waals surface area contributed by atoms with Crippen molar-refractivity contribution in [3.05, 3.63) is 58.5 Å². The molecule has 0 aliphatic carbocycles. The number of hydrogen-bond acceptors (Lipinski definition) is 6. The maximum absolute atomic E-state index is 13.6. The Bertz CT molecular complexity index is 1630. The Morgan fingerprint density at radius 2 is 1.75 bits per heavy atom. The number of amides is 3. The maximum Gasteiger partial charge on any atom is 0.323 e. The van der Waals surface area contributed by atoms with Crippen LogP contribution in [0.4, 0.5) is 9.80 Å². The van der Waals surface area contributed by atoms with Crippen LogP contribution in [0.5, 0.6) is 0 Å². The van der Waals surface area contributed by atoms with Gasteiger partial charge in [0, 0.05) is 42.8 Å². The molecule has 3 amide bonds. The topological polar surface area (TPSA) is 147 Å². The van der Waals surface area contributed by atoms with Crippen LogP contribution in [0, 0.1) is 0 Å². The molecule has 4 aromatic rings. The lowest BCUT2D eigenvalue weighted by Gasteiger charge is -2.34. The van der Waals surface area contributed by atoms with Crippen LogP contribution in [0.2, 0.25) is 0 Å². The van der Waals surface area contributed by atoms with Crippen molar-refractivity contribution < 1.29 is 18.0 Å². The van der Waals surface area contributed by atoms with E-state index in [1.165, 1.54) is 27.8 Å². The minimum absolute atomic E-state index is 0.0716. The average molecular weight is 529 g/mol. The molecule has 36 heavy (non-hydrogen) atoms. The summed E-state index contributed by atoms with van der Waals surface area (Å²) in [5, 5.41) is 6.64. The number of aromatic nitrogens is 2. The van der Waals surface area contributed by atoms with E-state index in [2.05, 4.69) is 20.6 Å². The quantitative estimate of drug-likeness (QED) is 0.314. The summed E-state index contributed by atoms with van der Waals surface area (Å²) in [6.45, 7) is 2.90. The molecule has 1 aliphatic rings. The number of nitrogens with one attached hydrogen (secondary N) is 4. The third-order valence-corrected chi connectivity index (χ3v) is 9.01. The number of carbonyl (C=O) groups is 2. The summed E-state index contributed by atoms with van der Waals surface area (Å²) in [7, 11) is -3.82. The van der Waals surface area contributed by atoms with Crippen LogP contribution in [-0.4, -0.2) is 72.3 Å². The fourth-order valence-corrected chi connectivity index (χ4v) is 6.80. The molecule has 3 heterocycles. The molecule has 2 aromatic heterocycles. The first-order valence-corrected chi connectivity index (χ1v) is 13.6. The highest BCUT2D eigenvalue weighted by atomic mass is 32.2. The number of fused-ring (bicyclic) bond motifs is 2. The van der Waals surface area contributed by atoms with Crippen LogP contribution in [0.1, 0.15) is 17.3 Å². The highest BCUT2D eigenvalue weighted by molar-refractivity contribution is 7.89. The molecule has 0 spiro atoms. The van der Waals surface area contributed by atoms with Crippen molar-refractivity contribution in [2.75, 3.05) is 38.0 Å². The second kappa shape index (κ2) is 9.41. The monoisotopic (exact) mass is 528 g/mol. The molecule has 4 N–H and O–H groups in total. The molecule has 13 heteroatoms. The molecule has 0 radical (unpaired) electrons. The summed E-state index contributed by atoms with van der Waals surface area (Å²) in [6.07, 6.45) is 0. The van der Waals surface area contributed by atoms with E-state index < -0.39 is 21.7 Å². The number of anilines is 1. The highest BCUT2D eigenvalue weighted by Gasteiger charge is 2.32. The van der Waals surface area contributed by atoms with E-state index in [9.17, 15) is 22.8 Å². The van der Waals surface area contributed by atoms with E-state index in [4.69, 9.17) is 0 Å². The second-order valence-corrected chi connectivity index (χ2v) is 11.3. The number of hydrogen-bond donors (Lipinski definition) is 4. The second-order valence-electron chi connectivity index (χ2n) is 8.27. The molecule has 0 atom stereocenters. The minimum Gasteiger partial charge on any atom is -0.338 e. The molecule has 5 rings (SSSR count). The number of carbonyl (C=O) groups excluding carboxylic acids is 2. The van der Waals surface area contributed by atoms with Crippen molar-refractivity contribution in [3.63, 3.8) is 0 Å². The molecule has 0 unspecified atom stereocenters. The van der Waals surface area contributed by atoms with Crippen molar-refractivity contribution >= 4 is 59.4 Å². The normalized spacial score (nSPS) is 14.9. The zero-order valence-electron chi connectivity index (χ0n) is 19.3. The molecule has 1 saturated heterocycles. The summed E-state index contributed by atoms with van der Waals surface area (Å²) in [5.74, 6) is -0.261. The Balaban J connectivity index is 1.36. The number of thiophene rings is 1. The smallest absolute Gasteiger partial charge is 0.323 e. The molecule has 1 aliphatic heterocycles. The molecule has 2 aromatic carbocycles. The molecule has 1 fully saturated rings. The van der Waals surface area contributed by atoms with Gasteiger partial charge in [-0.15, -0.1) is 11.3 Å². The summed E-state index contributed by atoms with van der Waals surface area (Å²) in [6, 6.07) is 11.5. The summed E-state index contributed by atoms with van der Waals surface area (Å²) >= 11 is 1.32. The highest BCUT2D eigenvalue weighted by Crippen LogP contribution is 2.36. The van der Waals surface area contributed by atoms with Crippen molar-refractivity contribution in [2.24, 2.45) is 0 Å². The lowest BCUT2D eigenvalue weighted by atomic mass is 10.1. The van der Waals surface area contributed by atoms with Crippen molar-refractivity contribution in [1.29, 1.82) is 0 Å². The van der Waals surface area contributed by atoms with Gasteiger partial charge in [0.1, 0.15) is 5.00 Å².